The Kier molecular flexibility index (Phi) is 3.68. The van der Waals surface area contributed by atoms with E-state index in [4.69, 9.17) is 4.74 Å². The van der Waals surface area contributed by atoms with Crippen LogP contribution in [0.1, 0.15) is 34.8 Å². The second-order valence-corrected chi connectivity index (χ2v) is 5.56. The summed E-state index contributed by atoms with van der Waals surface area (Å²) in [6.07, 6.45) is 2.30. The van der Waals surface area contributed by atoms with Gasteiger partial charge in [0, 0.05) is 5.75 Å². The topological polar surface area (TPSA) is 69.9 Å². The predicted molar refractivity (Wildman–Crippen MR) is 73.4 cm³/mol. The van der Waals surface area contributed by atoms with Gasteiger partial charge in [0.25, 0.3) is 0 Å². The fraction of sp³-hybridized carbons (Fsp3) is 0.385. The van der Waals surface area contributed by atoms with Crippen LogP contribution >= 0.6 is 11.8 Å². The molecule has 7 heteroatoms. The molecule has 0 atom stereocenters. The zero-order valence-electron chi connectivity index (χ0n) is 11.0. The first-order valence-electron chi connectivity index (χ1n) is 6.36. The van der Waals surface area contributed by atoms with Crippen molar-refractivity contribution in [1.82, 2.24) is 20.2 Å². The minimum Gasteiger partial charge on any atom is -0.465 e. The van der Waals surface area contributed by atoms with Gasteiger partial charge >= 0.3 is 5.97 Å². The van der Waals surface area contributed by atoms with Gasteiger partial charge in [-0.2, -0.15) is 0 Å². The molecule has 1 fully saturated rings. The molecule has 1 saturated carbocycles. The summed E-state index contributed by atoms with van der Waals surface area (Å²) >= 11 is 1.58. The molecule has 0 bridgehead atoms. The molecule has 0 unspecified atom stereocenters. The van der Waals surface area contributed by atoms with E-state index in [1.54, 1.807) is 17.8 Å². The van der Waals surface area contributed by atoms with Gasteiger partial charge in [-0.25, -0.2) is 9.48 Å². The highest BCUT2D eigenvalue weighted by Crippen LogP contribution is 2.36. The molecule has 2 aromatic rings. The lowest BCUT2D eigenvalue weighted by molar-refractivity contribution is 0.0600. The van der Waals surface area contributed by atoms with Gasteiger partial charge in [0.15, 0.2) is 0 Å². The van der Waals surface area contributed by atoms with E-state index < -0.39 is 0 Å². The average molecular weight is 290 g/mol. The lowest BCUT2D eigenvalue weighted by Gasteiger charge is -2.04. The summed E-state index contributed by atoms with van der Waals surface area (Å²) in [7, 11) is 1.38. The van der Waals surface area contributed by atoms with Gasteiger partial charge in [-0.1, -0.05) is 23.9 Å². The van der Waals surface area contributed by atoms with Gasteiger partial charge < -0.3 is 4.74 Å². The van der Waals surface area contributed by atoms with Crippen LogP contribution < -0.4 is 0 Å². The first kappa shape index (κ1) is 13.1. The van der Waals surface area contributed by atoms with E-state index >= 15 is 0 Å². The average Bonchev–Trinajstić information content (AvgIpc) is 3.23. The fourth-order valence-corrected chi connectivity index (χ4v) is 2.77. The first-order chi connectivity index (χ1) is 9.78. The van der Waals surface area contributed by atoms with Gasteiger partial charge in [0.05, 0.1) is 18.7 Å². The zero-order chi connectivity index (χ0) is 13.9. The Morgan fingerprint density at radius 1 is 1.50 bits per heavy atom. The molecule has 1 aromatic heterocycles. The number of thioether (sulfide) groups is 1. The normalized spacial score (nSPS) is 14.2. The third-order valence-corrected chi connectivity index (χ3v) is 4.08. The Labute approximate surface area is 120 Å². The molecular weight excluding hydrogens is 276 g/mol. The Hall–Kier alpha value is -1.89. The van der Waals surface area contributed by atoms with Crippen LogP contribution in [0.2, 0.25) is 0 Å². The number of esters is 1. The summed E-state index contributed by atoms with van der Waals surface area (Å²) in [5, 5.41) is 12.6. The van der Waals surface area contributed by atoms with Crippen molar-refractivity contribution in [1.29, 1.82) is 0 Å². The molecular formula is C13H14N4O2S. The molecule has 0 saturated heterocycles. The van der Waals surface area contributed by atoms with Crippen LogP contribution in [0, 0.1) is 0 Å². The van der Waals surface area contributed by atoms with Crippen LogP contribution in [0.4, 0.5) is 0 Å². The van der Waals surface area contributed by atoms with Crippen LogP contribution in [-0.4, -0.2) is 33.3 Å². The Bertz CT molecular complexity index is 624. The Balaban J connectivity index is 1.68. The van der Waals surface area contributed by atoms with E-state index in [0.717, 1.165) is 29.3 Å². The molecule has 1 aromatic carbocycles. The van der Waals surface area contributed by atoms with E-state index in [9.17, 15) is 4.79 Å². The van der Waals surface area contributed by atoms with E-state index in [-0.39, 0.29) is 5.97 Å². The van der Waals surface area contributed by atoms with Crippen molar-refractivity contribution in [3.8, 4) is 0 Å². The molecule has 6 nitrogen and oxygen atoms in total. The first-order valence-corrected chi connectivity index (χ1v) is 7.34. The molecule has 104 valence electrons. The van der Waals surface area contributed by atoms with Crippen molar-refractivity contribution in [3.63, 3.8) is 0 Å². The van der Waals surface area contributed by atoms with Crippen LogP contribution in [0.15, 0.2) is 29.4 Å². The van der Waals surface area contributed by atoms with Crippen molar-refractivity contribution >= 4 is 17.7 Å². The second-order valence-electron chi connectivity index (χ2n) is 4.62. The summed E-state index contributed by atoms with van der Waals surface area (Å²) in [6, 6.07) is 7.88. The van der Waals surface area contributed by atoms with Gasteiger partial charge in [-0.05, 0) is 41.0 Å². The SMILES string of the molecule is COC(=O)c1cccc(CSc2nnnn2C2CC2)c1. The molecule has 0 spiro atoms. The number of methoxy groups -OCH3 is 1. The molecule has 0 amide bonds. The minimum absolute atomic E-state index is 0.320. The Morgan fingerprint density at radius 3 is 3.10 bits per heavy atom. The summed E-state index contributed by atoms with van der Waals surface area (Å²) in [5.74, 6) is 0.400. The molecule has 0 radical (unpaired) electrons. The van der Waals surface area contributed by atoms with Crippen LogP contribution in [0.5, 0.6) is 0 Å². The monoisotopic (exact) mass is 290 g/mol. The molecule has 20 heavy (non-hydrogen) atoms. The lowest BCUT2D eigenvalue weighted by Crippen LogP contribution is -2.02. The number of tetrazole rings is 1. The molecule has 0 aliphatic heterocycles. The third-order valence-electron chi connectivity index (χ3n) is 3.07. The molecule has 3 rings (SSSR count). The number of carbonyl (C=O) groups is 1. The van der Waals surface area contributed by atoms with Crippen LogP contribution in [-0.2, 0) is 10.5 Å². The second kappa shape index (κ2) is 5.62. The minimum atomic E-state index is -0.320. The smallest absolute Gasteiger partial charge is 0.337 e. The van der Waals surface area contributed by atoms with E-state index in [0.29, 0.717) is 11.6 Å². The fourth-order valence-electron chi connectivity index (χ4n) is 1.88. The van der Waals surface area contributed by atoms with Crippen molar-refractivity contribution in [2.75, 3.05) is 7.11 Å². The number of ether oxygens (including phenoxy) is 1. The van der Waals surface area contributed by atoms with Crippen molar-refractivity contribution in [2.24, 2.45) is 0 Å². The Morgan fingerprint density at radius 2 is 2.35 bits per heavy atom. The molecule has 1 heterocycles. The third kappa shape index (κ3) is 2.82. The summed E-state index contributed by atoms with van der Waals surface area (Å²) in [4.78, 5) is 11.5. The number of benzene rings is 1. The largest absolute Gasteiger partial charge is 0.465 e. The number of carbonyl (C=O) groups excluding carboxylic acids is 1. The summed E-state index contributed by atoms with van der Waals surface area (Å²) in [5.41, 5.74) is 1.61. The maximum Gasteiger partial charge on any atom is 0.337 e. The lowest BCUT2D eigenvalue weighted by atomic mass is 10.1. The highest BCUT2D eigenvalue weighted by molar-refractivity contribution is 7.98. The highest BCUT2D eigenvalue weighted by atomic mass is 32.2. The standard InChI is InChI=1S/C13H14N4O2S/c1-19-12(18)10-4-2-3-9(7-10)8-20-13-14-15-16-17(13)11-5-6-11/h2-4,7,11H,5-6,8H2,1H3. The summed E-state index contributed by atoms with van der Waals surface area (Å²) in [6.45, 7) is 0. The maximum atomic E-state index is 11.5. The van der Waals surface area contributed by atoms with Crippen LogP contribution in [0.25, 0.3) is 0 Å². The molecule has 1 aliphatic rings. The predicted octanol–water partition coefficient (Wildman–Crippen LogP) is 2.09. The number of rotatable bonds is 5. The number of aromatic nitrogens is 4. The van der Waals surface area contributed by atoms with Crippen molar-refractivity contribution in [3.05, 3.63) is 35.4 Å². The van der Waals surface area contributed by atoms with E-state index in [2.05, 4.69) is 15.5 Å². The summed E-state index contributed by atoms with van der Waals surface area (Å²) < 4.78 is 6.60. The number of hydrogen-bond donors (Lipinski definition) is 0. The molecule has 1 aliphatic carbocycles. The van der Waals surface area contributed by atoms with Gasteiger partial charge in [-0.3, -0.25) is 0 Å². The van der Waals surface area contributed by atoms with Crippen molar-refractivity contribution < 1.29 is 9.53 Å². The van der Waals surface area contributed by atoms with E-state index in [1.165, 1.54) is 7.11 Å². The van der Waals surface area contributed by atoms with Gasteiger partial charge in [-0.15, -0.1) is 5.10 Å². The zero-order valence-corrected chi connectivity index (χ0v) is 11.8. The quantitative estimate of drug-likeness (QED) is 0.620. The number of hydrogen-bond acceptors (Lipinski definition) is 6. The number of nitrogens with zero attached hydrogens (tertiary/aromatic N) is 4. The van der Waals surface area contributed by atoms with Gasteiger partial charge in [0.2, 0.25) is 5.16 Å². The van der Waals surface area contributed by atoms with Crippen molar-refractivity contribution in [2.45, 2.75) is 29.8 Å². The molecule has 0 N–H and O–H groups in total. The highest BCUT2D eigenvalue weighted by Gasteiger charge is 2.27. The van der Waals surface area contributed by atoms with Crippen LogP contribution in [0.3, 0.4) is 0 Å². The maximum absolute atomic E-state index is 11.5. The van der Waals surface area contributed by atoms with E-state index in [1.807, 2.05) is 22.9 Å². The van der Waals surface area contributed by atoms with Gasteiger partial charge in [0.1, 0.15) is 0 Å².